The van der Waals surface area contributed by atoms with Crippen LogP contribution < -0.4 is 10.5 Å². The molecular formula is C13H15F4NO. The van der Waals surface area contributed by atoms with E-state index in [9.17, 15) is 17.6 Å². The van der Waals surface area contributed by atoms with E-state index in [-0.39, 0.29) is 24.2 Å². The van der Waals surface area contributed by atoms with E-state index in [2.05, 4.69) is 0 Å². The lowest BCUT2D eigenvalue weighted by Gasteiger charge is -2.37. The van der Waals surface area contributed by atoms with Crippen LogP contribution in [0.1, 0.15) is 31.2 Å². The fourth-order valence-corrected chi connectivity index (χ4v) is 2.46. The molecule has 2 N–H and O–H groups in total. The molecule has 1 aliphatic carbocycles. The second-order valence-electron chi connectivity index (χ2n) is 4.98. The molecule has 6 heteroatoms. The first-order chi connectivity index (χ1) is 8.77. The average molecular weight is 277 g/mol. The molecule has 1 aromatic carbocycles. The van der Waals surface area contributed by atoms with Gasteiger partial charge in [0, 0.05) is 36.1 Å². The van der Waals surface area contributed by atoms with Crippen LogP contribution in [0.2, 0.25) is 0 Å². The number of hydrogen-bond acceptors (Lipinski definition) is 2. The number of ether oxygens (including phenoxy) is 1. The molecule has 19 heavy (non-hydrogen) atoms. The minimum absolute atomic E-state index is 0.0310. The van der Waals surface area contributed by atoms with E-state index in [0.717, 1.165) is 12.1 Å². The highest BCUT2D eigenvalue weighted by molar-refractivity contribution is 5.35. The van der Waals surface area contributed by atoms with Gasteiger partial charge in [0.2, 0.25) is 5.92 Å². The van der Waals surface area contributed by atoms with Gasteiger partial charge >= 0.3 is 0 Å². The summed E-state index contributed by atoms with van der Waals surface area (Å²) in [5.74, 6) is -4.49. The molecule has 0 atom stereocenters. The first kappa shape index (κ1) is 14.1. The van der Waals surface area contributed by atoms with Crippen LogP contribution in [0.3, 0.4) is 0 Å². The fourth-order valence-electron chi connectivity index (χ4n) is 2.46. The molecule has 2 rings (SSSR count). The maximum absolute atomic E-state index is 13.9. The summed E-state index contributed by atoms with van der Waals surface area (Å²) in [4.78, 5) is 0. The summed E-state index contributed by atoms with van der Waals surface area (Å²) in [5.41, 5.74) is 4.22. The smallest absolute Gasteiger partial charge is 0.248 e. The predicted octanol–water partition coefficient (Wildman–Crippen LogP) is 3.34. The maximum Gasteiger partial charge on any atom is 0.248 e. The van der Waals surface area contributed by atoms with Crippen molar-refractivity contribution < 1.29 is 22.3 Å². The monoisotopic (exact) mass is 277 g/mol. The van der Waals surface area contributed by atoms with Crippen LogP contribution in [-0.4, -0.2) is 13.0 Å². The van der Waals surface area contributed by atoms with Gasteiger partial charge in [-0.05, 0) is 12.8 Å². The first-order valence-electron chi connectivity index (χ1n) is 5.98. The molecule has 0 spiro atoms. The molecule has 0 amide bonds. The number of halogens is 4. The van der Waals surface area contributed by atoms with Crippen LogP contribution in [0.4, 0.5) is 17.6 Å². The zero-order chi connectivity index (χ0) is 14.3. The first-order valence-corrected chi connectivity index (χ1v) is 5.98. The van der Waals surface area contributed by atoms with Crippen molar-refractivity contribution in [2.45, 2.75) is 37.1 Å². The second-order valence-corrected chi connectivity index (χ2v) is 4.98. The molecule has 2 nitrogen and oxygen atoms in total. The van der Waals surface area contributed by atoms with Crippen molar-refractivity contribution in [2.24, 2.45) is 5.73 Å². The van der Waals surface area contributed by atoms with Crippen molar-refractivity contribution in [1.29, 1.82) is 0 Å². The number of rotatable bonds is 2. The average Bonchev–Trinajstić information content (AvgIpc) is 2.32. The van der Waals surface area contributed by atoms with Crippen molar-refractivity contribution >= 4 is 0 Å². The third-order valence-corrected chi connectivity index (χ3v) is 3.62. The molecule has 1 aromatic rings. The molecular weight excluding hydrogens is 262 g/mol. The Morgan fingerprint density at radius 3 is 1.95 bits per heavy atom. The summed E-state index contributed by atoms with van der Waals surface area (Å²) in [7, 11) is 1.28. The third kappa shape index (κ3) is 2.68. The fraction of sp³-hybridized carbons (Fsp3) is 0.538. The molecule has 0 bridgehead atoms. The van der Waals surface area contributed by atoms with E-state index in [4.69, 9.17) is 10.5 Å². The van der Waals surface area contributed by atoms with Gasteiger partial charge in [-0.2, -0.15) is 0 Å². The van der Waals surface area contributed by atoms with Crippen molar-refractivity contribution in [2.75, 3.05) is 7.11 Å². The normalized spacial score (nSPS) is 21.2. The van der Waals surface area contributed by atoms with Crippen LogP contribution in [0, 0.1) is 11.6 Å². The number of nitrogens with two attached hydrogens (primary N) is 1. The van der Waals surface area contributed by atoms with E-state index in [1.54, 1.807) is 0 Å². The summed E-state index contributed by atoms with van der Waals surface area (Å²) in [6.07, 6.45) is -1.23. The SMILES string of the molecule is COc1cc(F)c(C2(N)CCC(F)(F)CC2)c(F)c1. The van der Waals surface area contributed by atoms with Gasteiger partial charge in [0.1, 0.15) is 17.4 Å². The van der Waals surface area contributed by atoms with Crippen molar-refractivity contribution in [3.63, 3.8) is 0 Å². The standard InChI is InChI=1S/C13H15F4NO/c1-19-8-6-9(14)11(10(15)7-8)12(18)2-4-13(16,17)5-3-12/h6-7H,2-5,18H2,1H3. The Morgan fingerprint density at radius 1 is 1.05 bits per heavy atom. The molecule has 0 saturated heterocycles. The summed E-state index contributed by atoms with van der Waals surface area (Å²) in [5, 5.41) is 0. The van der Waals surface area contributed by atoms with Gasteiger partial charge in [0.15, 0.2) is 0 Å². The van der Waals surface area contributed by atoms with Gasteiger partial charge in [-0.3, -0.25) is 0 Å². The molecule has 0 unspecified atom stereocenters. The number of methoxy groups -OCH3 is 1. The summed E-state index contributed by atoms with van der Waals surface area (Å²) >= 11 is 0. The van der Waals surface area contributed by atoms with Crippen LogP contribution in [0.25, 0.3) is 0 Å². The van der Waals surface area contributed by atoms with Crippen molar-refractivity contribution in [1.82, 2.24) is 0 Å². The highest BCUT2D eigenvalue weighted by atomic mass is 19.3. The zero-order valence-corrected chi connectivity index (χ0v) is 10.5. The minimum Gasteiger partial charge on any atom is -0.497 e. The molecule has 0 aromatic heterocycles. The van der Waals surface area contributed by atoms with Crippen molar-refractivity contribution in [3.8, 4) is 5.75 Å². The van der Waals surface area contributed by atoms with E-state index >= 15 is 0 Å². The van der Waals surface area contributed by atoms with E-state index in [1.807, 2.05) is 0 Å². The lowest BCUT2D eigenvalue weighted by molar-refractivity contribution is -0.0522. The molecule has 0 aliphatic heterocycles. The lowest BCUT2D eigenvalue weighted by atomic mass is 9.75. The second kappa shape index (κ2) is 4.67. The quantitative estimate of drug-likeness (QED) is 0.841. The zero-order valence-electron chi connectivity index (χ0n) is 10.5. The van der Waals surface area contributed by atoms with Crippen molar-refractivity contribution in [3.05, 3.63) is 29.3 Å². The van der Waals surface area contributed by atoms with Crippen LogP contribution in [0.15, 0.2) is 12.1 Å². The Labute approximate surface area is 108 Å². The summed E-state index contributed by atoms with van der Waals surface area (Å²) in [6, 6.07) is 2.03. The Kier molecular flexibility index (Phi) is 3.47. The number of benzene rings is 1. The van der Waals surface area contributed by atoms with Crippen LogP contribution >= 0.6 is 0 Å². The van der Waals surface area contributed by atoms with Gasteiger partial charge in [-0.15, -0.1) is 0 Å². The maximum atomic E-state index is 13.9. The molecule has 1 fully saturated rings. The molecule has 106 valence electrons. The van der Waals surface area contributed by atoms with Gasteiger partial charge < -0.3 is 10.5 Å². The van der Waals surface area contributed by atoms with Crippen LogP contribution in [-0.2, 0) is 5.54 Å². The van der Waals surface area contributed by atoms with Gasteiger partial charge in [-0.25, -0.2) is 17.6 Å². The van der Waals surface area contributed by atoms with Gasteiger partial charge in [0.05, 0.1) is 7.11 Å². The van der Waals surface area contributed by atoms with E-state index < -0.39 is 35.9 Å². The number of alkyl halides is 2. The van der Waals surface area contributed by atoms with E-state index in [1.165, 1.54) is 7.11 Å². The van der Waals surface area contributed by atoms with Gasteiger partial charge in [0.25, 0.3) is 0 Å². The Morgan fingerprint density at radius 2 is 1.53 bits per heavy atom. The van der Waals surface area contributed by atoms with Crippen LogP contribution in [0.5, 0.6) is 5.75 Å². The molecule has 0 radical (unpaired) electrons. The highest BCUT2D eigenvalue weighted by Crippen LogP contribution is 2.44. The molecule has 1 saturated carbocycles. The lowest BCUT2D eigenvalue weighted by Crippen LogP contribution is -2.44. The van der Waals surface area contributed by atoms with E-state index in [0.29, 0.717) is 0 Å². The largest absolute Gasteiger partial charge is 0.497 e. The molecule has 1 aliphatic rings. The Bertz CT molecular complexity index is 457. The third-order valence-electron chi connectivity index (χ3n) is 3.62. The van der Waals surface area contributed by atoms with Gasteiger partial charge in [-0.1, -0.05) is 0 Å². The highest BCUT2D eigenvalue weighted by Gasteiger charge is 2.44. The molecule has 0 heterocycles. The minimum atomic E-state index is -2.80. The predicted molar refractivity (Wildman–Crippen MR) is 62.2 cm³/mol. The summed E-state index contributed by atoms with van der Waals surface area (Å²) < 4.78 is 58.8. The Balaban J connectivity index is 2.37. The Hall–Kier alpha value is -1.30. The summed E-state index contributed by atoms with van der Waals surface area (Å²) in [6.45, 7) is 0. The topological polar surface area (TPSA) is 35.2 Å². The number of hydrogen-bond donors (Lipinski definition) is 1.